The van der Waals surface area contributed by atoms with Gasteiger partial charge in [-0.25, -0.2) is 9.59 Å². The van der Waals surface area contributed by atoms with Crippen molar-refractivity contribution in [2.24, 2.45) is 0 Å². The minimum Gasteiger partial charge on any atom is -0.466 e. The molecule has 1 aromatic carbocycles. The zero-order valence-corrected chi connectivity index (χ0v) is 18.7. The lowest BCUT2D eigenvalue weighted by atomic mass is 9.80. The van der Waals surface area contributed by atoms with E-state index in [4.69, 9.17) is 14.2 Å². The van der Waals surface area contributed by atoms with Gasteiger partial charge in [-0.05, 0) is 32.5 Å². The number of halogens is 1. The van der Waals surface area contributed by atoms with Gasteiger partial charge in [0.2, 0.25) is 0 Å². The average molecular weight is 467 g/mol. The second-order valence-electron chi connectivity index (χ2n) is 6.38. The van der Waals surface area contributed by atoms with Crippen LogP contribution in [0.3, 0.4) is 0 Å². The van der Waals surface area contributed by atoms with Crippen molar-refractivity contribution in [3.63, 3.8) is 0 Å². The van der Waals surface area contributed by atoms with Crippen molar-refractivity contribution in [2.75, 3.05) is 40.5 Å². The van der Waals surface area contributed by atoms with Crippen LogP contribution < -0.4 is 10.6 Å². The van der Waals surface area contributed by atoms with Crippen molar-refractivity contribution in [2.45, 2.75) is 19.8 Å². The normalized spacial score (nSPS) is 16.5. The molecule has 2 N–H and O–H groups in total. The number of hydrogen-bond acceptors (Lipinski definition) is 7. The molecular formula is C21H27BrN2O5. The predicted octanol–water partition coefficient (Wildman–Crippen LogP) is 2.64. The number of benzene rings is 1. The number of carbonyl (C=O) groups is 2. The molecule has 1 aliphatic heterocycles. The fraction of sp³-hybridized carbons (Fsp3) is 0.429. The molecule has 1 unspecified atom stereocenters. The number of methoxy groups -OCH3 is 1. The van der Waals surface area contributed by atoms with Gasteiger partial charge in [0.15, 0.2) is 0 Å². The number of rotatable bonds is 9. The first kappa shape index (κ1) is 23.1. The number of carbonyl (C=O) groups excluding carboxylic acids is 2. The summed E-state index contributed by atoms with van der Waals surface area (Å²) in [6.45, 7) is 5.08. The standard InChI is InChI=1S/C21H27BrN2O5/c1-5-29-21(26)19-16(12-28-11-10-23-3)24-13(2)17(20(25)27-4)18(19)14-8-6-7-9-15(14)22/h6-9,18,23-24H,5,10-12H2,1-4H3. The van der Waals surface area contributed by atoms with E-state index in [1.807, 2.05) is 31.3 Å². The van der Waals surface area contributed by atoms with Crippen molar-refractivity contribution in [3.05, 3.63) is 56.8 Å². The van der Waals surface area contributed by atoms with Gasteiger partial charge in [-0.3, -0.25) is 0 Å². The Hall–Kier alpha value is -2.16. The molecule has 1 aromatic rings. The summed E-state index contributed by atoms with van der Waals surface area (Å²) in [6.07, 6.45) is 0. The summed E-state index contributed by atoms with van der Waals surface area (Å²) in [7, 11) is 3.16. The van der Waals surface area contributed by atoms with Gasteiger partial charge in [-0.15, -0.1) is 0 Å². The van der Waals surface area contributed by atoms with E-state index in [1.54, 1.807) is 13.8 Å². The summed E-state index contributed by atoms with van der Waals surface area (Å²) in [5, 5.41) is 6.17. The Bertz CT molecular complexity index is 819. The number of dihydropyridines is 1. The number of ether oxygens (including phenoxy) is 3. The molecule has 1 aliphatic rings. The highest BCUT2D eigenvalue weighted by Crippen LogP contribution is 2.41. The van der Waals surface area contributed by atoms with E-state index in [1.165, 1.54) is 7.11 Å². The highest BCUT2D eigenvalue weighted by Gasteiger charge is 2.39. The molecule has 2 rings (SSSR count). The van der Waals surface area contributed by atoms with Gasteiger partial charge in [0.25, 0.3) is 0 Å². The average Bonchev–Trinajstić information content (AvgIpc) is 2.70. The van der Waals surface area contributed by atoms with E-state index in [0.717, 1.165) is 10.0 Å². The summed E-state index contributed by atoms with van der Waals surface area (Å²) in [6, 6.07) is 7.47. The third-order valence-corrected chi connectivity index (χ3v) is 5.23. The maximum absolute atomic E-state index is 13.0. The first-order valence-electron chi connectivity index (χ1n) is 9.39. The smallest absolute Gasteiger partial charge is 0.336 e. The van der Waals surface area contributed by atoms with Crippen LogP contribution in [0.5, 0.6) is 0 Å². The molecule has 0 saturated heterocycles. The van der Waals surface area contributed by atoms with E-state index >= 15 is 0 Å². The lowest BCUT2D eigenvalue weighted by Gasteiger charge is -2.31. The van der Waals surface area contributed by atoms with Gasteiger partial charge in [-0.1, -0.05) is 34.1 Å². The number of allylic oxidation sites excluding steroid dienone is 1. The summed E-state index contributed by atoms with van der Waals surface area (Å²) >= 11 is 3.55. The van der Waals surface area contributed by atoms with Crippen LogP contribution in [0.25, 0.3) is 0 Å². The van der Waals surface area contributed by atoms with Crippen molar-refractivity contribution >= 4 is 27.9 Å². The molecule has 29 heavy (non-hydrogen) atoms. The highest BCUT2D eigenvalue weighted by atomic mass is 79.9. The monoisotopic (exact) mass is 466 g/mol. The van der Waals surface area contributed by atoms with Gasteiger partial charge in [0.1, 0.15) is 0 Å². The predicted molar refractivity (Wildman–Crippen MR) is 113 cm³/mol. The maximum Gasteiger partial charge on any atom is 0.336 e. The Morgan fingerprint density at radius 1 is 1.21 bits per heavy atom. The lowest BCUT2D eigenvalue weighted by Crippen LogP contribution is -2.35. The van der Waals surface area contributed by atoms with E-state index in [0.29, 0.717) is 35.7 Å². The van der Waals surface area contributed by atoms with E-state index in [-0.39, 0.29) is 13.2 Å². The summed E-state index contributed by atoms with van der Waals surface area (Å²) in [5.74, 6) is -1.66. The molecule has 158 valence electrons. The largest absolute Gasteiger partial charge is 0.466 e. The first-order chi connectivity index (χ1) is 14.0. The second-order valence-corrected chi connectivity index (χ2v) is 7.23. The molecule has 0 fully saturated rings. The fourth-order valence-corrected chi connectivity index (χ4v) is 3.72. The Balaban J connectivity index is 2.62. The third kappa shape index (κ3) is 5.46. The van der Waals surface area contributed by atoms with E-state index in [2.05, 4.69) is 26.6 Å². The number of nitrogens with one attached hydrogen (secondary N) is 2. The summed E-state index contributed by atoms with van der Waals surface area (Å²) in [4.78, 5) is 25.6. The molecule has 0 aliphatic carbocycles. The SMILES string of the molecule is CCOC(=O)C1=C(COCCNC)NC(C)=C(C(=O)OC)C1c1ccccc1Br. The molecular weight excluding hydrogens is 440 g/mol. The molecule has 7 nitrogen and oxygen atoms in total. The van der Waals surface area contributed by atoms with Crippen molar-refractivity contribution in [1.29, 1.82) is 0 Å². The summed E-state index contributed by atoms with van der Waals surface area (Å²) < 4.78 is 16.8. The van der Waals surface area contributed by atoms with Crippen LogP contribution in [-0.4, -0.2) is 52.5 Å². The van der Waals surface area contributed by atoms with Crippen molar-refractivity contribution in [3.8, 4) is 0 Å². The molecule has 0 spiro atoms. The van der Waals surface area contributed by atoms with Gasteiger partial charge in [0.05, 0.1) is 49.7 Å². The Labute approximate surface area is 179 Å². The minimum absolute atomic E-state index is 0.183. The second kappa shape index (κ2) is 11.1. The Morgan fingerprint density at radius 2 is 1.93 bits per heavy atom. The molecule has 0 amide bonds. The van der Waals surface area contributed by atoms with E-state index < -0.39 is 17.9 Å². The molecule has 8 heteroatoms. The quantitative estimate of drug-likeness (QED) is 0.427. The topological polar surface area (TPSA) is 85.9 Å². The molecule has 0 radical (unpaired) electrons. The van der Waals surface area contributed by atoms with Crippen molar-refractivity contribution < 1.29 is 23.8 Å². The molecule has 1 heterocycles. The molecule has 0 bridgehead atoms. The number of esters is 2. The van der Waals surface area contributed by atoms with Crippen LogP contribution in [0.2, 0.25) is 0 Å². The molecule has 1 atom stereocenters. The Morgan fingerprint density at radius 3 is 2.55 bits per heavy atom. The number of likely N-dealkylation sites (N-methyl/N-ethyl adjacent to an activating group) is 1. The van der Waals surface area contributed by atoms with Gasteiger partial charge >= 0.3 is 11.9 Å². The third-order valence-electron chi connectivity index (χ3n) is 4.50. The van der Waals surface area contributed by atoms with Crippen LogP contribution in [0.1, 0.15) is 25.3 Å². The van der Waals surface area contributed by atoms with Crippen LogP contribution in [0.4, 0.5) is 0 Å². The minimum atomic E-state index is -0.652. The fourth-order valence-electron chi connectivity index (χ4n) is 3.21. The van der Waals surface area contributed by atoms with E-state index in [9.17, 15) is 9.59 Å². The molecule has 0 saturated carbocycles. The van der Waals surface area contributed by atoms with Crippen molar-refractivity contribution in [1.82, 2.24) is 10.6 Å². The summed E-state index contributed by atoms with van der Waals surface area (Å²) in [5.41, 5.74) is 2.66. The van der Waals surface area contributed by atoms with Gasteiger partial charge in [-0.2, -0.15) is 0 Å². The highest BCUT2D eigenvalue weighted by molar-refractivity contribution is 9.10. The van der Waals surface area contributed by atoms with Crippen LogP contribution >= 0.6 is 15.9 Å². The zero-order chi connectivity index (χ0) is 21.4. The zero-order valence-electron chi connectivity index (χ0n) is 17.1. The molecule has 0 aromatic heterocycles. The van der Waals surface area contributed by atoms with Gasteiger partial charge < -0.3 is 24.8 Å². The maximum atomic E-state index is 13.0. The lowest BCUT2D eigenvalue weighted by molar-refractivity contribution is -0.139. The van der Waals surface area contributed by atoms with Gasteiger partial charge in [0, 0.05) is 16.7 Å². The van der Waals surface area contributed by atoms with Crippen LogP contribution in [0.15, 0.2) is 51.3 Å². The number of hydrogen-bond donors (Lipinski definition) is 2. The first-order valence-corrected chi connectivity index (χ1v) is 10.2. The van der Waals surface area contributed by atoms with Crippen LogP contribution in [0, 0.1) is 0 Å². The Kier molecular flexibility index (Phi) is 8.88. The van der Waals surface area contributed by atoms with Crippen LogP contribution in [-0.2, 0) is 23.8 Å².